The van der Waals surface area contributed by atoms with E-state index in [-0.39, 0.29) is 11.9 Å². The van der Waals surface area contributed by atoms with Crippen molar-refractivity contribution in [1.82, 2.24) is 24.6 Å². The zero-order valence-electron chi connectivity index (χ0n) is 21.0. The highest BCUT2D eigenvalue weighted by Gasteiger charge is 2.24. The number of aromatic nitrogens is 4. The van der Waals surface area contributed by atoms with Crippen LogP contribution in [0.4, 0.5) is 5.82 Å². The molecule has 6 rings (SSSR count). The Morgan fingerprint density at radius 2 is 1.92 bits per heavy atom. The smallest absolute Gasteiger partial charge is 0.219 e. The lowest BCUT2D eigenvalue weighted by Gasteiger charge is -2.31. The van der Waals surface area contributed by atoms with Crippen LogP contribution in [0.5, 0.6) is 0 Å². The van der Waals surface area contributed by atoms with E-state index in [1.807, 2.05) is 66.2 Å². The molecule has 1 fully saturated rings. The zero-order valence-corrected chi connectivity index (χ0v) is 21.9. The number of carbonyl (C=O) groups is 2. The van der Waals surface area contributed by atoms with Gasteiger partial charge in [-0.2, -0.15) is 5.10 Å². The molecule has 0 unspecified atom stereocenters. The predicted octanol–water partition coefficient (Wildman–Crippen LogP) is 5.03. The molecule has 0 radical (unpaired) electrons. The molecule has 5 aromatic rings. The number of fused-ring (bicyclic) bond motifs is 2. The van der Waals surface area contributed by atoms with Crippen LogP contribution in [0, 0.1) is 0 Å². The van der Waals surface area contributed by atoms with E-state index in [4.69, 9.17) is 14.2 Å². The van der Waals surface area contributed by atoms with Crippen molar-refractivity contribution in [3.63, 3.8) is 0 Å². The monoisotopic (exact) mass is 516 g/mol. The summed E-state index contributed by atoms with van der Waals surface area (Å²) in [5, 5.41) is 8.96. The normalized spacial score (nSPS) is 14.1. The van der Waals surface area contributed by atoms with Gasteiger partial charge < -0.3 is 19.0 Å². The molecule has 0 spiro atoms. The van der Waals surface area contributed by atoms with E-state index < -0.39 is 0 Å². The molecule has 9 nitrogen and oxygen atoms in total. The second kappa shape index (κ2) is 10.1. The topological polar surface area (TPSA) is 97.4 Å². The first-order chi connectivity index (χ1) is 18.0. The van der Waals surface area contributed by atoms with E-state index in [0.29, 0.717) is 0 Å². The fourth-order valence-electron chi connectivity index (χ4n) is 4.89. The summed E-state index contributed by atoms with van der Waals surface area (Å²) in [5.74, 6) is 1.75. The van der Waals surface area contributed by atoms with Gasteiger partial charge in [-0.05, 0) is 25.0 Å². The van der Waals surface area contributed by atoms with Crippen molar-refractivity contribution in [3.05, 3.63) is 48.5 Å². The molecule has 6 heterocycles. The molecule has 5 aromatic heterocycles. The van der Waals surface area contributed by atoms with Gasteiger partial charge >= 0.3 is 0 Å². The maximum atomic E-state index is 11.7. The number of piperidine rings is 1. The molecular weight excluding hydrogens is 488 g/mol. The summed E-state index contributed by atoms with van der Waals surface area (Å²) < 4.78 is 9.62. The summed E-state index contributed by atoms with van der Waals surface area (Å²) in [7, 11) is 3.95. The van der Waals surface area contributed by atoms with E-state index in [2.05, 4.69) is 27.7 Å². The molecule has 1 aliphatic heterocycles. The highest BCUT2D eigenvalue weighted by molar-refractivity contribution is 7.17. The van der Waals surface area contributed by atoms with Gasteiger partial charge in [-0.3, -0.25) is 14.5 Å². The first kappa shape index (κ1) is 24.6. The third-order valence-electron chi connectivity index (χ3n) is 6.81. The lowest BCUT2D eigenvalue weighted by Crippen LogP contribution is -2.37. The predicted molar refractivity (Wildman–Crippen MR) is 146 cm³/mol. The van der Waals surface area contributed by atoms with E-state index in [1.54, 1.807) is 18.3 Å². The molecule has 1 amide bonds. The number of amides is 1. The molecule has 0 aromatic carbocycles. The van der Waals surface area contributed by atoms with Gasteiger partial charge in [0.15, 0.2) is 11.4 Å². The second-order valence-electron chi connectivity index (χ2n) is 9.21. The first-order valence-electron chi connectivity index (χ1n) is 12.0. The highest BCUT2D eigenvalue weighted by atomic mass is 32.1. The summed E-state index contributed by atoms with van der Waals surface area (Å²) in [5.41, 5.74) is 3.83. The van der Waals surface area contributed by atoms with Crippen molar-refractivity contribution >= 4 is 50.9 Å². The molecule has 0 aliphatic carbocycles. The minimum absolute atomic E-state index is 0.143. The van der Waals surface area contributed by atoms with E-state index in [0.717, 1.165) is 75.3 Å². The van der Waals surface area contributed by atoms with Crippen molar-refractivity contribution in [2.24, 2.45) is 0 Å². The van der Waals surface area contributed by atoms with Crippen molar-refractivity contribution in [1.29, 1.82) is 0 Å². The number of furan rings is 1. The maximum Gasteiger partial charge on any atom is 0.219 e. The molecule has 10 heteroatoms. The van der Waals surface area contributed by atoms with Crippen molar-refractivity contribution in [3.8, 4) is 22.5 Å². The van der Waals surface area contributed by atoms with Crippen LogP contribution in [0.2, 0.25) is 0 Å². The van der Waals surface area contributed by atoms with Crippen LogP contribution in [0.3, 0.4) is 0 Å². The Bertz CT molecular complexity index is 1560. The Morgan fingerprint density at radius 1 is 1.14 bits per heavy atom. The minimum atomic E-state index is 0.143. The van der Waals surface area contributed by atoms with Crippen molar-refractivity contribution < 1.29 is 14.0 Å². The molecule has 0 N–H and O–H groups in total. The second-order valence-corrected chi connectivity index (χ2v) is 10.1. The first-order valence-corrected chi connectivity index (χ1v) is 12.9. The van der Waals surface area contributed by atoms with Gasteiger partial charge in [0.2, 0.25) is 5.91 Å². The Hall–Kier alpha value is -4.05. The molecule has 0 saturated carbocycles. The molecule has 1 aliphatic rings. The quantitative estimate of drug-likeness (QED) is 0.330. The highest BCUT2D eigenvalue weighted by Crippen LogP contribution is 2.41. The van der Waals surface area contributed by atoms with Crippen LogP contribution in [0.1, 0.15) is 25.8 Å². The lowest BCUT2D eigenvalue weighted by molar-refractivity contribution is -0.130. The fraction of sp³-hybridized carbons (Fsp3) is 0.296. The van der Waals surface area contributed by atoms with Crippen LogP contribution in [0.15, 0.2) is 52.9 Å². The minimum Gasteiger partial charge on any atom is -0.452 e. The van der Waals surface area contributed by atoms with Crippen LogP contribution >= 0.6 is 11.3 Å². The van der Waals surface area contributed by atoms with Gasteiger partial charge in [0.05, 0.1) is 16.9 Å². The van der Waals surface area contributed by atoms with Gasteiger partial charge in [-0.15, -0.1) is 11.3 Å². The standard InChI is InChI=1S/C26H26N6O2S.CH2O/c1-16(33)31-8-5-18(6-9-31)32-14-17(11-29-32)21-12-28-26(30(2)3)25-20(21)10-23(34-25)22-15-35-24-13-27-7-4-19(22)24;1-2/h4,7,10-15,18H,5-6,8-9H2,1-3H3;1H2. The van der Waals surface area contributed by atoms with Gasteiger partial charge in [0, 0.05) is 91.7 Å². The number of rotatable bonds is 4. The van der Waals surface area contributed by atoms with Crippen LogP contribution in [-0.2, 0) is 9.59 Å². The average molecular weight is 517 g/mol. The van der Waals surface area contributed by atoms with E-state index in [1.165, 1.54) is 0 Å². The molecular formula is C27H28N6O3S. The zero-order chi connectivity index (χ0) is 26.1. The summed E-state index contributed by atoms with van der Waals surface area (Å²) in [6.07, 6.45) is 11.4. The Morgan fingerprint density at radius 3 is 2.65 bits per heavy atom. The van der Waals surface area contributed by atoms with Crippen molar-refractivity contribution in [2.75, 3.05) is 32.1 Å². The largest absolute Gasteiger partial charge is 0.452 e. The number of carbonyl (C=O) groups excluding carboxylic acids is 2. The number of hydrogen-bond donors (Lipinski definition) is 0. The SMILES string of the molecule is C=O.CC(=O)N1CCC(n2cc(-c3cnc(N(C)C)c4oc(-c5csc6cnccc56)cc34)cn2)CC1. The van der Waals surface area contributed by atoms with Crippen LogP contribution in [-0.4, -0.2) is 64.5 Å². The van der Waals surface area contributed by atoms with Crippen molar-refractivity contribution in [2.45, 2.75) is 25.8 Å². The van der Waals surface area contributed by atoms with Gasteiger partial charge in [0.1, 0.15) is 12.5 Å². The molecule has 190 valence electrons. The number of nitrogens with zero attached hydrogens (tertiary/aromatic N) is 6. The summed E-state index contributed by atoms with van der Waals surface area (Å²) in [6, 6.07) is 4.43. The Balaban J connectivity index is 0.00000137. The van der Waals surface area contributed by atoms with Gasteiger partial charge in [0.25, 0.3) is 0 Å². The lowest BCUT2D eigenvalue weighted by atomic mass is 10.0. The van der Waals surface area contributed by atoms with Gasteiger partial charge in [-0.1, -0.05) is 0 Å². The number of likely N-dealkylation sites (tertiary alicyclic amines) is 1. The van der Waals surface area contributed by atoms with Crippen LogP contribution in [0.25, 0.3) is 43.5 Å². The summed E-state index contributed by atoms with van der Waals surface area (Å²) in [4.78, 5) is 32.5. The number of thiophene rings is 1. The third-order valence-corrected chi connectivity index (χ3v) is 7.74. The summed E-state index contributed by atoms with van der Waals surface area (Å²) in [6.45, 7) is 5.18. The van der Waals surface area contributed by atoms with Crippen LogP contribution < -0.4 is 4.90 Å². The maximum absolute atomic E-state index is 11.7. The number of pyridine rings is 2. The summed E-state index contributed by atoms with van der Waals surface area (Å²) >= 11 is 1.66. The number of anilines is 1. The fourth-order valence-corrected chi connectivity index (χ4v) is 5.80. The third kappa shape index (κ3) is 4.48. The molecule has 37 heavy (non-hydrogen) atoms. The number of hydrogen-bond acceptors (Lipinski definition) is 8. The molecule has 0 bridgehead atoms. The average Bonchev–Trinajstić information content (AvgIpc) is 3.67. The molecule has 0 atom stereocenters. The van der Waals surface area contributed by atoms with E-state index in [9.17, 15) is 4.79 Å². The van der Waals surface area contributed by atoms with Gasteiger partial charge in [-0.25, -0.2) is 4.98 Å². The van der Waals surface area contributed by atoms with E-state index >= 15 is 0 Å². The molecule has 1 saturated heterocycles. The Labute approximate surface area is 218 Å². The Kier molecular flexibility index (Phi) is 6.75.